The Kier molecular flexibility index (Phi) is 5.82. The molecule has 0 atom stereocenters. The van der Waals surface area contributed by atoms with Crippen molar-refractivity contribution in [2.24, 2.45) is 4.99 Å². The molecule has 2 aliphatic carbocycles. The number of aliphatic imine (C=N–C) groups is 1. The number of hydrogen-bond donors (Lipinski definition) is 0. The summed E-state index contributed by atoms with van der Waals surface area (Å²) in [6, 6.07) is 5.62. The fourth-order valence-corrected chi connectivity index (χ4v) is 6.20. The number of thioether (sulfide) groups is 1. The molecule has 2 saturated carbocycles. The normalized spacial score (nSPS) is 23.7. The molecule has 26 heavy (non-hydrogen) atoms. The molecular weight excluding hydrogens is 370 g/mol. The maximum absolute atomic E-state index is 11.0. The summed E-state index contributed by atoms with van der Waals surface area (Å²) in [4.78, 5) is 18.3. The monoisotopic (exact) mass is 395 g/mol. The topological polar surface area (TPSA) is 58.7 Å². The third-order valence-electron chi connectivity index (χ3n) is 6.02. The predicted octanol–water partition coefficient (Wildman–Crippen LogP) is 5.62. The minimum atomic E-state index is -0.341. The number of aryl methyl sites for hydroxylation is 1. The van der Waals surface area contributed by atoms with Crippen molar-refractivity contribution in [2.45, 2.75) is 69.9 Å². The molecule has 4 rings (SSSR count). The SMILES string of the molecule is Cc1cc([N+](=O)[O-])ccc1/N=C1/SCC2(CCCC2)N1C1CCCC1.Cl. The Morgan fingerprint density at radius 1 is 1.23 bits per heavy atom. The Labute approximate surface area is 165 Å². The van der Waals surface area contributed by atoms with Gasteiger partial charge in [0.05, 0.1) is 16.1 Å². The van der Waals surface area contributed by atoms with Gasteiger partial charge in [0, 0.05) is 23.9 Å². The van der Waals surface area contributed by atoms with E-state index in [-0.39, 0.29) is 23.0 Å². The zero-order valence-corrected chi connectivity index (χ0v) is 16.8. The van der Waals surface area contributed by atoms with Crippen LogP contribution >= 0.6 is 24.2 Å². The van der Waals surface area contributed by atoms with Gasteiger partial charge in [0.15, 0.2) is 5.17 Å². The first-order valence-corrected chi connectivity index (χ1v) is 10.3. The molecule has 142 valence electrons. The number of rotatable bonds is 3. The van der Waals surface area contributed by atoms with Crippen molar-refractivity contribution in [2.75, 3.05) is 5.75 Å². The van der Waals surface area contributed by atoms with Crippen LogP contribution in [-0.4, -0.2) is 32.3 Å². The average Bonchev–Trinajstić information content (AvgIpc) is 3.32. The Morgan fingerprint density at radius 3 is 2.54 bits per heavy atom. The summed E-state index contributed by atoms with van der Waals surface area (Å²) in [5.41, 5.74) is 2.19. The third-order valence-corrected chi connectivity index (χ3v) is 7.25. The molecular formula is C19H26ClN3O2S. The van der Waals surface area contributed by atoms with Crippen LogP contribution in [0.1, 0.15) is 56.9 Å². The summed E-state index contributed by atoms with van der Waals surface area (Å²) in [7, 11) is 0. The molecule has 5 nitrogen and oxygen atoms in total. The highest BCUT2D eigenvalue weighted by molar-refractivity contribution is 8.14. The van der Waals surface area contributed by atoms with E-state index in [9.17, 15) is 10.1 Å². The zero-order chi connectivity index (χ0) is 17.4. The first kappa shape index (κ1) is 19.5. The highest BCUT2D eigenvalue weighted by Gasteiger charge is 2.49. The van der Waals surface area contributed by atoms with Gasteiger partial charge in [-0.1, -0.05) is 37.4 Å². The number of benzene rings is 1. The minimum Gasteiger partial charge on any atom is -0.342 e. The second-order valence-corrected chi connectivity index (χ2v) is 8.59. The molecule has 1 heterocycles. The molecule has 3 fully saturated rings. The van der Waals surface area contributed by atoms with Gasteiger partial charge in [-0.2, -0.15) is 0 Å². The van der Waals surface area contributed by atoms with Gasteiger partial charge in [-0.3, -0.25) is 10.1 Å². The van der Waals surface area contributed by atoms with Crippen LogP contribution in [0.2, 0.25) is 0 Å². The summed E-state index contributed by atoms with van der Waals surface area (Å²) >= 11 is 1.89. The molecule has 1 aliphatic heterocycles. The Morgan fingerprint density at radius 2 is 1.92 bits per heavy atom. The molecule has 1 saturated heterocycles. The first-order chi connectivity index (χ1) is 12.1. The van der Waals surface area contributed by atoms with Crippen LogP contribution in [0.4, 0.5) is 11.4 Å². The summed E-state index contributed by atoms with van der Waals surface area (Å²) < 4.78 is 0. The largest absolute Gasteiger partial charge is 0.342 e. The van der Waals surface area contributed by atoms with Crippen molar-refractivity contribution < 1.29 is 4.92 Å². The lowest BCUT2D eigenvalue weighted by molar-refractivity contribution is -0.384. The lowest BCUT2D eigenvalue weighted by atomic mass is 9.95. The van der Waals surface area contributed by atoms with E-state index in [4.69, 9.17) is 4.99 Å². The lowest BCUT2D eigenvalue weighted by Gasteiger charge is -2.40. The summed E-state index contributed by atoms with van der Waals surface area (Å²) in [5, 5.41) is 12.1. The van der Waals surface area contributed by atoms with Crippen LogP contribution in [0.15, 0.2) is 23.2 Å². The van der Waals surface area contributed by atoms with E-state index in [1.165, 1.54) is 51.4 Å². The fraction of sp³-hybridized carbons (Fsp3) is 0.632. The van der Waals surface area contributed by atoms with Gasteiger partial charge in [0.1, 0.15) is 0 Å². The molecule has 0 unspecified atom stereocenters. The van der Waals surface area contributed by atoms with Gasteiger partial charge >= 0.3 is 0 Å². The number of nitro groups is 1. The highest BCUT2D eigenvalue weighted by Crippen LogP contribution is 2.48. The molecule has 0 bridgehead atoms. The smallest absolute Gasteiger partial charge is 0.269 e. The Balaban J connectivity index is 0.00000196. The quantitative estimate of drug-likeness (QED) is 0.492. The first-order valence-electron chi connectivity index (χ1n) is 9.35. The van der Waals surface area contributed by atoms with Crippen molar-refractivity contribution >= 4 is 40.7 Å². The second-order valence-electron chi connectivity index (χ2n) is 7.65. The maximum atomic E-state index is 11.0. The van der Waals surface area contributed by atoms with Crippen molar-refractivity contribution in [1.82, 2.24) is 4.90 Å². The maximum Gasteiger partial charge on any atom is 0.269 e. The van der Waals surface area contributed by atoms with E-state index in [2.05, 4.69) is 4.90 Å². The molecule has 0 amide bonds. The number of non-ortho nitro benzene ring substituents is 1. The molecule has 3 aliphatic rings. The summed E-state index contributed by atoms with van der Waals surface area (Å²) in [6.07, 6.45) is 10.4. The van der Waals surface area contributed by atoms with Crippen molar-refractivity contribution in [3.63, 3.8) is 0 Å². The highest BCUT2D eigenvalue weighted by atomic mass is 35.5. The van der Waals surface area contributed by atoms with Crippen molar-refractivity contribution in [3.8, 4) is 0 Å². The number of nitro benzene ring substituents is 1. The average molecular weight is 396 g/mol. The zero-order valence-electron chi connectivity index (χ0n) is 15.1. The van der Waals surface area contributed by atoms with E-state index in [0.717, 1.165) is 22.2 Å². The van der Waals surface area contributed by atoms with Crippen LogP contribution < -0.4 is 0 Å². The number of nitrogens with zero attached hydrogens (tertiary/aromatic N) is 3. The molecule has 7 heteroatoms. The van der Waals surface area contributed by atoms with Crippen molar-refractivity contribution in [3.05, 3.63) is 33.9 Å². The molecule has 0 radical (unpaired) electrons. The van der Waals surface area contributed by atoms with E-state index in [1.807, 2.05) is 18.7 Å². The summed E-state index contributed by atoms with van der Waals surface area (Å²) in [6.45, 7) is 1.91. The van der Waals surface area contributed by atoms with Crippen molar-refractivity contribution in [1.29, 1.82) is 0 Å². The Hall–Kier alpha value is -1.27. The van der Waals surface area contributed by atoms with Crippen LogP contribution in [-0.2, 0) is 0 Å². The second kappa shape index (κ2) is 7.77. The van der Waals surface area contributed by atoms with E-state index < -0.39 is 0 Å². The van der Waals surface area contributed by atoms with Crippen LogP contribution in [0.3, 0.4) is 0 Å². The van der Waals surface area contributed by atoms with Gasteiger partial charge < -0.3 is 4.90 Å². The van der Waals surface area contributed by atoms with Gasteiger partial charge in [0.25, 0.3) is 5.69 Å². The molecule has 1 spiro atoms. The van der Waals surface area contributed by atoms with Gasteiger partial charge in [-0.15, -0.1) is 12.4 Å². The standard InChI is InChI=1S/C19H25N3O2S.ClH/c1-14-12-16(22(23)24)8-9-17(14)20-18-21(15-6-2-3-7-15)19(13-25-18)10-4-5-11-19;/h8-9,12,15H,2-7,10-11,13H2,1H3;1H/b20-18+;. The third kappa shape index (κ3) is 3.46. The van der Waals surface area contributed by atoms with Crippen LogP contribution in [0.25, 0.3) is 0 Å². The van der Waals surface area contributed by atoms with Gasteiger partial charge in [0.2, 0.25) is 0 Å². The van der Waals surface area contributed by atoms with Crippen LogP contribution in [0.5, 0.6) is 0 Å². The van der Waals surface area contributed by atoms with Crippen LogP contribution in [0, 0.1) is 17.0 Å². The number of hydrogen-bond acceptors (Lipinski definition) is 4. The van der Waals surface area contributed by atoms with E-state index >= 15 is 0 Å². The van der Waals surface area contributed by atoms with E-state index in [0.29, 0.717) is 11.6 Å². The van der Waals surface area contributed by atoms with Gasteiger partial charge in [-0.05, 0) is 44.2 Å². The number of halogens is 1. The molecule has 0 N–H and O–H groups in total. The van der Waals surface area contributed by atoms with E-state index in [1.54, 1.807) is 18.2 Å². The lowest BCUT2D eigenvalue weighted by Crippen LogP contribution is -2.50. The molecule has 1 aromatic carbocycles. The minimum absolute atomic E-state index is 0. The Bertz CT molecular complexity index is 713. The predicted molar refractivity (Wildman–Crippen MR) is 110 cm³/mol. The fourth-order valence-electron chi connectivity index (χ4n) is 4.73. The molecule has 1 aromatic rings. The number of amidine groups is 1. The summed E-state index contributed by atoms with van der Waals surface area (Å²) in [5.74, 6) is 1.15. The van der Waals surface area contributed by atoms with Gasteiger partial charge in [-0.25, -0.2) is 4.99 Å². The molecule has 0 aromatic heterocycles.